The molecule has 1 fully saturated rings. The molecule has 2 N–H and O–H groups in total. The lowest BCUT2D eigenvalue weighted by Gasteiger charge is -2.38. The van der Waals surface area contributed by atoms with Gasteiger partial charge in [-0.3, -0.25) is 0 Å². The summed E-state index contributed by atoms with van der Waals surface area (Å²) in [6.45, 7) is 7.12. The van der Waals surface area contributed by atoms with Crippen molar-refractivity contribution in [3.63, 3.8) is 0 Å². The minimum Gasteiger partial charge on any atom is -0.373 e. The molecular weight excluding hydrogens is 246 g/mol. The van der Waals surface area contributed by atoms with Gasteiger partial charge < -0.3 is 10.5 Å². The highest BCUT2D eigenvalue weighted by atomic mass is 16.5. The fourth-order valence-corrected chi connectivity index (χ4v) is 3.65. The van der Waals surface area contributed by atoms with Gasteiger partial charge in [-0.1, -0.05) is 55.0 Å². The van der Waals surface area contributed by atoms with E-state index in [0.29, 0.717) is 0 Å². The van der Waals surface area contributed by atoms with Crippen molar-refractivity contribution < 1.29 is 4.74 Å². The second-order valence-electron chi connectivity index (χ2n) is 6.31. The third kappa shape index (κ3) is 3.42. The standard InChI is InChI=1S/C18H29NO/c1-4-20-18(9-7-5-6-8-10-18)17(19)16-12-14(2)11-15(3)13-16/h11-13,17H,4-10,19H2,1-3H3. The molecule has 1 aliphatic carbocycles. The highest BCUT2D eigenvalue weighted by molar-refractivity contribution is 5.32. The average molecular weight is 275 g/mol. The van der Waals surface area contributed by atoms with Gasteiger partial charge in [0.05, 0.1) is 11.6 Å². The van der Waals surface area contributed by atoms with Gasteiger partial charge in [0.1, 0.15) is 0 Å². The van der Waals surface area contributed by atoms with Gasteiger partial charge in [0.2, 0.25) is 0 Å². The molecule has 0 radical (unpaired) electrons. The van der Waals surface area contributed by atoms with Crippen molar-refractivity contribution in [2.75, 3.05) is 6.61 Å². The fraction of sp³-hybridized carbons (Fsp3) is 0.667. The van der Waals surface area contributed by atoms with Crippen molar-refractivity contribution in [1.29, 1.82) is 0 Å². The zero-order valence-corrected chi connectivity index (χ0v) is 13.2. The molecule has 20 heavy (non-hydrogen) atoms. The number of benzene rings is 1. The lowest BCUT2D eigenvalue weighted by Crippen LogP contribution is -2.43. The molecule has 112 valence electrons. The molecule has 0 bridgehead atoms. The van der Waals surface area contributed by atoms with Crippen LogP contribution >= 0.6 is 0 Å². The fourth-order valence-electron chi connectivity index (χ4n) is 3.65. The summed E-state index contributed by atoms with van der Waals surface area (Å²) in [6.07, 6.45) is 7.28. The van der Waals surface area contributed by atoms with E-state index in [1.165, 1.54) is 42.4 Å². The summed E-state index contributed by atoms with van der Waals surface area (Å²) in [5, 5.41) is 0. The monoisotopic (exact) mass is 275 g/mol. The van der Waals surface area contributed by atoms with E-state index in [1.807, 2.05) is 0 Å². The van der Waals surface area contributed by atoms with Gasteiger partial charge in [-0.25, -0.2) is 0 Å². The van der Waals surface area contributed by atoms with E-state index in [-0.39, 0.29) is 11.6 Å². The molecule has 2 nitrogen and oxygen atoms in total. The van der Waals surface area contributed by atoms with E-state index >= 15 is 0 Å². The summed E-state index contributed by atoms with van der Waals surface area (Å²) in [5.74, 6) is 0. The normalized spacial score (nSPS) is 20.4. The number of hydrogen-bond donors (Lipinski definition) is 1. The molecule has 0 spiro atoms. The molecule has 1 saturated carbocycles. The molecule has 0 aromatic heterocycles. The maximum atomic E-state index is 6.67. The van der Waals surface area contributed by atoms with Crippen LogP contribution in [0.5, 0.6) is 0 Å². The van der Waals surface area contributed by atoms with Crippen molar-refractivity contribution in [3.05, 3.63) is 34.9 Å². The zero-order chi connectivity index (χ0) is 14.6. The van der Waals surface area contributed by atoms with E-state index in [1.54, 1.807) is 0 Å². The largest absolute Gasteiger partial charge is 0.373 e. The quantitative estimate of drug-likeness (QED) is 0.825. The second kappa shape index (κ2) is 6.73. The molecule has 1 atom stereocenters. The SMILES string of the molecule is CCOC1(C(N)c2cc(C)cc(C)c2)CCCCCC1. The molecule has 2 rings (SSSR count). The summed E-state index contributed by atoms with van der Waals surface area (Å²) in [6, 6.07) is 6.64. The van der Waals surface area contributed by atoms with Crippen molar-refractivity contribution in [3.8, 4) is 0 Å². The minimum atomic E-state index is -0.161. The molecule has 1 aliphatic rings. The molecule has 1 aromatic carbocycles. The molecule has 1 aromatic rings. The van der Waals surface area contributed by atoms with Gasteiger partial charge in [0.15, 0.2) is 0 Å². The van der Waals surface area contributed by atoms with Crippen LogP contribution in [-0.2, 0) is 4.74 Å². The van der Waals surface area contributed by atoms with E-state index < -0.39 is 0 Å². The van der Waals surface area contributed by atoms with Crippen LogP contribution in [0.3, 0.4) is 0 Å². The second-order valence-corrected chi connectivity index (χ2v) is 6.31. The Morgan fingerprint density at radius 2 is 1.60 bits per heavy atom. The number of ether oxygens (including phenoxy) is 1. The summed E-state index contributed by atoms with van der Waals surface area (Å²) in [4.78, 5) is 0. The van der Waals surface area contributed by atoms with Crippen molar-refractivity contribution in [2.45, 2.75) is 70.9 Å². The van der Waals surface area contributed by atoms with Gasteiger partial charge >= 0.3 is 0 Å². The molecule has 1 unspecified atom stereocenters. The Hall–Kier alpha value is -0.860. The first-order valence-electron chi connectivity index (χ1n) is 8.05. The molecule has 0 aliphatic heterocycles. The average Bonchev–Trinajstić information content (AvgIpc) is 2.64. The van der Waals surface area contributed by atoms with Gasteiger partial charge in [-0.15, -0.1) is 0 Å². The Balaban J connectivity index is 2.31. The van der Waals surface area contributed by atoms with Crippen molar-refractivity contribution >= 4 is 0 Å². The zero-order valence-electron chi connectivity index (χ0n) is 13.2. The Morgan fingerprint density at radius 3 is 2.10 bits per heavy atom. The Kier molecular flexibility index (Phi) is 5.22. The smallest absolute Gasteiger partial charge is 0.0874 e. The lowest BCUT2D eigenvalue weighted by atomic mass is 9.82. The summed E-state index contributed by atoms with van der Waals surface area (Å²) < 4.78 is 6.22. The van der Waals surface area contributed by atoms with E-state index in [9.17, 15) is 0 Å². The van der Waals surface area contributed by atoms with Crippen LogP contribution in [0.4, 0.5) is 0 Å². The minimum absolute atomic E-state index is 0.0147. The van der Waals surface area contributed by atoms with Gasteiger partial charge in [-0.05, 0) is 39.2 Å². The van der Waals surface area contributed by atoms with Crippen LogP contribution in [0.25, 0.3) is 0 Å². The van der Waals surface area contributed by atoms with Crippen molar-refractivity contribution in [2.24, 2.45) is 5.73 Å². The molecule has 0 amide bonds. The third-order valence-electron chi connectivity index (χ3n) is 4.55. The van der Waals surface area contributed by atoms with Gasteiger partial charge in [-0.2, -0.15) is 0 Å². The van der Waals surface area contributed by atoms with Crippen LogP contribution in [-0.4, -0.2) is 12.2 Å². The Labute approximate surface area is 123 Å². The molecule has 0 saturated heterocycles. The van der Waals surface area contributed by atoms with Crippen LogP contribution in [0.1, 0.15) is 68.2 Å². The van der Waals surface area contributed by atoms with E-state index in [0.717, 1.165) is 19.4 Å². The molecule has 2 heteroatoms. The van der Waals surface area contributed by atoms with E-state index in [4.69, 9.17) is 10.5 Å². The van der Waals surface area contributed by atoms with Crippen LogP contribution < -0.4 is 5.73 Å². The summed E-state index contributed by atoms with van der Waals surface area (Å²) >= 11 is 0. The predicted molar refractivity (Wildman–Crippen MR) is 84.9 cm³/mol. The van der Waals surface area contributed by atoms with Crippen LogP contribution in [0.2, 0.25) is 0 Å². The summed E-state index contributed by atoms with van der Waals surface area (Å²) in [5.41, 5.74) is 10.3. The predicted octanol–water partition coefficient (Wildman–Crippen LogP) is 4.43. The lowest BCUT2D eigenvalue weighted by molar-refractivity contribution is -0.0696. The van der Waals surface area contributed by atoms with Gasteiger partial charge in [0, 0.05) is 6.61 Å². The highest BCUT2D eigenvalue weighted by Gasteiger charge is 2.38. The summed E-state index contributed by atoms with van der Waals surface area (Å²) in [7, 11) is 0. The number of aryl methyl sites for hydroxylation is 2. The molecular formula is C18H29NO. The van der Waals surface area contributed by atoms with Gasteiger partial charge in [0.25, 0.3) is 0 Å². The number of hydrogen-bond acceptors (Lipinski definition) is 2. The first-order chi connectivity index (χ1) is 9.57. The maximum absolute atomic E-state index is 6.67. The highest BCUT2D eigenvalue weighted by Crippen LogP contribution is 2.39. The topological polar surface area (TPSA) is 35.2 Å². The molecule has 0 heterocycles. The van der Waals surface area contributed by atoms with Crippen LogP contribution in [0, 0.1) is 13.8 Å². The Bertz CT molecular complexity index is 413. The van der Waals surface area contributed by atoms with E-state index in [2.05, 4.69) is 39.0 Å². The maximum Gasteiger partial charge on any atom is 0.0874 e. The van der Waals surface area contributed by atoms with Crippen molar-refractivity contribution in [1.82, 2.24) is 0 Å². The first-order valence-corrected chi connectivity index (χ1v) is 8.05. The van der Waals surface area contributed by atoms with Crippen LogP contribution in [0.15, 0.2) is 18.2 Å². The number of nitrogens with two attached hydrogens (primary N) is 1. The first kappa shape index (κ1) is 15.5. The Morgan fingerprint density at radius 1 is 1.05 bits per heavy atom. The third-order valence-corrected chi connectivity index (χ3v) is 4.55. The number of rotatable bonds is 4.